The number of hydrogen-bond donors (Lipinski definition) is 2. The molecule has 0 unspecified atom stereocenters. The molecule has 2 heterocycles. The van der Waals surface area contributed by atoms with Crippen molar-refractivity contribution in [1.82, 2.24) is 5.32 Å². The SMILES string of the molecule is O=C(CN1c2ccccc2NC2=C(C(=O)CCC2)[C@@H]1c1ccco1)NCc1cccc(F)c1. The Kier molecular flexibility index (Phi) is 5.69. The van der Waals surface area contributed by atoms with Gasteiger partial charge in [0.1, 0.15) is 17.6 Å². The Morgan fingerprint density at radius 2 is 2.00 bits per heavy atom. The molecule has 5 rings (SSSR count). The van der Waals surface area contributed by atoms with Gasteiger partial charge >= 0.3 is 0 Å². The molecule has 0 fully saturated rings. The number of rotatable bonds is 5. The van der Waals surface area contributed by atoms with Crippen molar-refractivity contribution in [2.24, 2.45) is 0 Å². The number of nitrogens with one attached hydrogen (secondary N) is 2. The van der Waals surface area contributed by atoms with Crippen LogP contribution in [0.2, 0.25) is 0 Å². The number of Topliss-reactive ketones (excluding diaryl/α,β-unsaturated/α-hetero) is 1. The van der Waals surface area contributed by atoms with E-state index in [1.54, 1.807) is 24.5 Å². The standard InChI is InChI=1S/C26H24FN3O3/c27-18-7-3-6-17(14-18)15-28-24(32)16-30-21-10-2-1-8-19(21)29-20-9-4-11-22(31)25(20)26(30)23-12-5-13-33-23/h1-3,5-8,10,12-14,26,29H,4,9,11,15-16H2,(H,28,32)/t26-/m0/s1. The number of benzene rings is 2. The third kappa shape index (κ3) is 4.26. The molecule has 0 bridgehead atoms. The van der Waals surface area contributed by atoms with Gasteiger partial charge in [-0.25, -0.2) is 4.39 Å². The predicted octanol–water partition coefficient (Wildman–Crippen LogP) is 4.72. The largest absolute Gasteiger partial charge is 0.467 e. The monoisotopic (exact) mass is 445 g/mol. The summed E-state index contributed by atoms with van der Waals surface area (Å²) in [6.07, 6.45) is 3.58. The van der Waals surface area contributed by atoms with Gasteiger partial charge in [-0.05, 0) is 54.8 Å². The minimum Gasteiger partial charge on any atom is -0.467 e. The lowest BCUT2D eigenvalue weighted by Crippen LogP contribution is -2.41. The van der Waals surface area contributed by atoms with Crippen molar-refractivity contribution in [3.8, 4) is 0 Å². The van der Waals surface area contributed by atoms with Gasteiger partial charge in [0.15, 0.2) is 5.78 Å². The zero-order valence-corrected chi connectivity index (χ0v) is 18.0. The fourth-order valence-electron chi connectivity index (χ4n) is 4.58. The number of para-hydroxylation sites is 2. The number of amides is 1. The lowest BCUT2D eigenvalue weighted by molar-refractivity contribution is -0.120. The first-order chi connectivity index (χ1) is 16.1. The highest BCUT2D eigenvalue weighted by Gasteiger charge is 2.38. The summed E-state index contributed by atoms with van der Waals surface area (Å²) in [7, 11) is 0. The molecule has 2 aliphatic rings. The molecule has 0 radical (unpaired) electrons. The number of ketones is 1. The molecule has 7 heteroatoms. The molecule has 1 aliphatic carbocycles. The molecule has 1 amide bonds. The van der Waals surface area contributed by atoms with Gasteiger partial charge in [0.2, 0.25) is 5.91 Å². The topological polar surface area (TPSA) is 74.6 Å². The predicted molar refractivity (Wildman–Crippen MR) is 123 cm³/mol. The van der Waals surface area contributed by atoms with E-state index in [1.807, 2.05) is 35.2 Å². The molecule has 6 nitrogen and oxygen atoms in total. The highest BCUT2D eigenvalue weighted by atomic mass is 19.1. The molecule has 168 valence electrons. The fourth-order valence-corrected chi connectivity index (χ4v) is 4.58. The highest BCUT2D eigenvalue weighted by Crippen LogP contribution is 2.44. The normalized spacial score (nSPS) is 17.7. The number of carbonyl (C=O) groups is 2. The Bertz CT molecular complexity index is 1220. The first kappa shape index (κ1) is 21.0. The summed E-state index contributed by atoms with van der Waals surface area (Å²) in [5.74, 6) is 0.0812. The zero-order valence-electron chi connectivity index (χ0n) is 18.0. The van der Waals surface area contributed by atoms with Gasteiger partial charge in [0.25, 0.3) is 0 Å². The second-order valence-electron chi connectivity index (χ2n) is 8.26. The number of anilines is 2. The number of allylic oxidation sites excluding steroid dienone is 1. The van der Waals surface area contributed by atoms with Gasteiger partial charge < -0.3 is 20.0 Å². The van der Waals surface area contributed by atoms with Crippen molar-refractivity contribution in [2.75, 3.05) is 16.8 Å². The first-order valence-electron chi connectivity index (χ1n) is 11.0. The zero-order chi connectivity index (χ0) is 22.8. The minimum atomic E-state index is -0.529. The van der Waals surface area contributed by atoms with Crippen molar-refractivity contribution in [3.63, 3.8) is 0 Å². The van der Waals surface area contributed by atoms with E-state index in [1.165, 1.54) is 12.1 Å². The molecule has 1 aromatic heterocycles. The van der Waals surface area contributed by atoms with Crippen molar-refractivity contribution in [3.05, 3.63) is 95.3 Å². The molecule has 2 N–H and O–H groups in total. The van der Waals surface area contributed by atoms with E-state index in [2.05, 4.69) is 10.6 Å². The third-order valence-electron chi connectivity index (χ3n) is 6.05. The summed E-state index contributed by atoms with van der Waals surface area (Å²) in [5.41, 5.74) is 3.85. The van der Waals surface area contributed by atoms with E-state index < -0.39 is 6.04 Å². The Labute approximate surface area is 191 Å². The lowest BCUT2D eigenvalue weighted by Gasteiger charge is -2.33. The minimum absolute atomic E-state index is 0.00341. The average molecular weight is 445 g/mol. The van der Waals surface area contributed by atoms with Gasteiger partial charge in [-0.3, -0.25) is 9.59 Å². The summed E-state index contributed by atoms with van der Waals surface area (Å²) in [5, 5.41) is 6.33. The van der Waals surface area contributed by atoms with E-state index in [0.717, 1.165) is 29.9 Å². The first-order valence-corrected chi connectivity index (χ1v) is 11.0. The summed E-state index contributed by atoms with van der Waals surface area (Å²) >= 11 is 0. The second kappa shape index (κ2) is 8.94. The number of nitrogens with zero attached hydrogens (tertiary/aromatic N) is 1. The molecule has 1 atom stereocenters. The fraction of sp³-hybridized carbons (Fsp3) is 0.231. The van der Waals surface area contributed by atoms with Crippen LogP contribution in [0.25, 0.3) is 0 Å². The van der Waals surface area contributed by atoms with Crippen LogP contribution < -0.4 is 15.5 Å². The van der Waals surface area contributed by atoms with Crippen LogP contribution in [0.1, 0.15) is 36.6 Å². The highest BCUT2D eigenvalue weighted by molar-refractivity contribution is 6.01. The molecule has 33 heavy (non-hydrogen) atoms. The van der Waals surface area contributed by atoms with Crippen LogP contribution in [0.5, 0.6) is 0 Å². The van der Waals surface area contributed by atoms with Crippen molar-refractivity contribution >= 4 is 23.1 Å². The maximum Gasteiger partial charge on any atom is 0.239 e. The number of halogens is 1. The van der Waals surface area contributed by atoms with Gasteiger partial charge in [0.05, 0.1) is 24.2 Å². The van der Waals surface area contributed by atoms with E-state index >= 15 is 0 Å². The maximum absolute atomic E-state index is 13.5. The molecular weight excluding hydrogens is 421 g/mol. The molecule has 0 spiro atoms. The van der Waals surface area contributed by atoms with Crippen LogP contribution in [0.15, 0.2) is 82.6 Å². The Hall–Kier alpha value is -3.87. The number of fused-ring (bicyclic) bond motifs is 1. The summed E-state index contributed by atoms with van der Waals surface area (Å²) in [4.78, 5) is 28.1. The molecule has 0 saturated heterocycles. The molecule has 1 aliphatic heterocycles. The van der Waals surface area contributed by atoms with E-state index in [-0.39, 0.29) is 30.6 Å². The Morgan fingerprint density at radius 3 is 2.82 bits per heavy atom. The number of furan rings is 1. The molecule has 2 aromatic carbocycles. The van der Waals surface area contributed by atoms with Gasteiger partial charge in [-0.1, -0.05) is 24.3 Å². The van der Waals surface area contributed by atoms with Crippen LogP contribution >= 0.6 is 0 Å². The van der Waals surface area contributed by atoms with Crippen LogP contribution in [0.4, 0.5) is 15.8 Å². The van der Waals surface area contributed by atoms with Gasteiger partial charge in [-0.15, -0.1) is 0 Å². The van der Waals surface area contributed by atoms with Crippen LogP contribution in [-0.4, -0.2) is 18.2 Å². The molecule has 3 aromatic rings. The molecular formula is C26H24FN3O3. The second-order valence-corrected chi connectivity index (χ2v) is 8.26. The van der Waals surface area contributed by atoms with Crippen molar-refractivity contribution in [2.45, 2.75) is 31.8 Å². The quantitative estimate of drug-likeness (QED) is 0.595. The Balaban J connectivity index is 1.50. The van der Waals surface area contributed by atoms with Crippen molar-refractivity contribution < 1.29 is 18.4 Å². The van der Waals surface area contributed by atoms with Gasteiger partial charge in [-0.2, -0.15) is 0 Å². The van der Waals surface area contributed by atoms with Crippen LogP contribution in [0, 0.1) is 5.82 Å². The summed E-state index contributed by atoms with van der Waals surface area (Å²) in [6.45, 7) is 0.214. The average Bonchev–Trinajstić information content (AvgIpc) is 3.29. The smallest absolute Gasteiger partial charge is 0.239 e. The number of carbonyl (C=O) groups excluding carboxylic acids is 2. The maximum atomic E-state index is 13.5. The van der Waals surface area contributed by atoms with E-state index in [9.17, 15) is 14.0 Å². The van der Waals surface area contributed by atoms with Crippen molar-refractivity contribution in [1.29, 1.82) is 0 Å². The van der Waals surface area contributed by atoms with Crippen LogP contribution in [0.3, 0.4) is 0 Å². The lowest BCUT2D eigenvalue weighted by atomic mass is 9.88. The van der Waals surface area contributed by atoms with Crippen LogP contribution in [-0.2, 0) is 16.1 Å². The summed E-state index contributed by atoms with van der Waals surface area (Å²) < 4.78 is 19.3. The number of hydrogen-bond acceptors (Lipinski definition) is 5. The van der Waals surface area contributed by atoms with E-state index in [4.69, 9.17) is 4.42 Å². The Morgan fingerprint density at radius 1 is 1.12 bits per heavy atom. The molecule has 0 saturated carbocycles. The van der Waals surface area contributed by atoms with E-state index in [0.29, 0.717) is 23.3 Å². The summed E-state index contributed by atoms with van der Waals surface area (Å²) in [6, 6.07) is 16.9. The van der Waals surface area contributed by atoms with Gasteiger partial charge in [0, 0.05) is 24.2 Å². The third-order valence-corrected chi connectivity index (χ3v) is 6.05.